The van der Waals surface area contributed by atoms with Gasteiger partial charge in [-0.2, -0.15) is 0 Å². The maximum Gasteiger partial charge on any atom is 0.321 e. The largest absolute Gasteiger partial charge is 0.508 e. The van der Waals surface area contributed by atoms with Crippen LogP contribution in [-0.4, -0.2) is 28.1 Å². The fraction of sp³-hybridized carbons (Fsp3) is 0.200. The second-order valence-corrected chi connectivity index (χ2v) is 4.65. The first-order chi connectivity index (χ1) is 10.5. The average Bonchev–Trinajstić information content (AvgIpc) is 2.99. The van der Waals surface area contributed by atoms with E-state index in [4.69, 9.17) is 14.6 Å². The van der Waals surface area contributed by atoms with Crippen LogP contribution < -0.4 is 10.6 Å². The summed E-state index contributed by atoms with van der Waals surface area (Å²) in [4.78, 5) is 23.1. The van der Waals surface area contributed by atoms with E-state index in [0.717, 1.165) is 0 Å². The smallest absolute Gasteiger partial charge is 0.321 e. The Morgan fingerprint density at radius 2 is 1.91 bits per heavy atom. The van der Waals surface area contributed by atoms with Crippen LogP contribution in [0.2, 0.25) is 0 Å². The van der Waals surface area contributed by atoms with Crippen molar-refractivity contribution in [2.75, 3.05) is 5.32 Å². The molecule has 0 fully saturated rings. The molecule has 2 aromatic rings. The van der Waals surface area contributed by atoms with Crippen LogP contribution in [0.3, 0.4) is 0 Å². The number of carbonyl (C=O) groups excluding carboxylic acids is 1. The molecular formula is C15H16N2O5. The highest BCUT2D eigenvalue weighted by Crippen LogP contribution is 2.14. The zero-order valence-electron chi connectivity index (χ0n) is 11.7. The number of aromatic hydroxyl groups is 1. The number of phenolic OH excluding ortho intramolecular Hbond substituents is 1. The SMILES string of the molecule is O=C(CC(NCc1ccco1)C(=O)O)Nc1ccc(O)cc1. The molecule has 0 spiro atoms. The number of anilines is 1. The van der Waals surface area contributed by atoms with Crippen LogP contribution in [0.15, 0.2) is 47.1 Å². The molecule has 22 heavy (non-hydrogen) atoms. The van der Waals surface area contributed by atoms with Crippen LogP contribution in [0.25, 0.3) is 0 Å². The number of amides is 1. The van der Waals surface area contributed by atoms with E-state index in [0.29, 0.717) is 11.4 Å². The van der Waals surface area contributed by atoms with E-state index in [2.05, 4.69) is 10.6 Å². The summed E-state index contributed by atoms with van der Waals surface area (Å²) in [7, 11) is 0. The van der Waals surface area contributed by atoms with E-state index < -0.39 is 17.9 Å². The van der Waals surface area contributed by atoms with Crippen molar-refractivity contribution in [3.63, 3.8) is 0 Å². The van der Waals surface area contributed by atoms with Gasteiger partial charge in [-0.3, -0.25) is 14.9 Å². The molecule has 0 aliphatic heterocycles. The molecule has 4 N–H and O–H groups in total. The van der Waals surface area contributed by atoms with Crippen LogP contribution in [0, 0.1) is 0 Å². The molecule has 2 rings (SSSR count). The van der Waals surface area contributed by atoms with E-state index >= 15 is 0 Å². The monoisotopic (exact) mass is 304 g/mol. The molecule has 116 valence electrons. The minimum absolute atomic E-state index is 0.0847. The predicted octanol–water partition coefficient (Wildman–Crippen LogP) is 1.56. The number of aliphatic carboxylic acids is 1. The normalized spacial score (nSPS) is 11.8. The molecule has 0 aliphatic rings. The molecule has 1 aromatic carbocycles. The number of carboxylic acids is 1. The standard InChI is InChI=1S/C15H16N2O5/c18-11-5-3-10(4-6-11)17-14(19)8-13(15(20)21)16-9-12-2-1-7-22-12/h1-7,13,16,18H,8-9H2,(H,17,19)(H,20,21). The number of benzene rings is 1. The Hall–Kier alpha value is -2.80. The van der Waals surface area contributed by atoms with E-state index in [1.165, 1.54) is 30.5 Å². The second-order valence-electron chi connectivity index (χ2n) is 4.65. The third kappa shape index (κ3) is 4.64. The van der Waals surface area contributed by atoms with E-state index in [-0.39, 0.29) is 18.7 Å². The topological polar surface area (TPSA) is 112 Å². The molecule has 1 aromatic heterocycles. The van der Waals surface area contributed by atoms with E-state index in [1.54, 1.807) is 12.1 Å². The zero-order valence-corrected chi connectivity index (χ0v) is 11.7. The van der Waals surface area contributed by atoms with Crippen LogP contribution in [0.4, 0.5) is 5.69 Å². The number of phenols is 1. The quantitative estimate of drug-likeness (QED) is 0.578. The lowest BCUT2D eigenvalue weighted by molar-refractivity contribution is -0.141. The van der Waals surface area contributed by atoms with Gasteiger partial charge in [0.2, 0.25) is 5.91 Å². The number of furan rings is 1. The first kappa shape index (κ1) is 15.6. The zero-order chi connectivity index (χ0) is 15.9. The van der Waals surface area contributed by atoms with Gasteiger partial charge in [-0.25, -0.2) is 0 Å². The Bertz CT molecular complexity index is 622. The number of nitrogens with one attached hydrogen (secondary N) is 2. The molecule has 0 saturated carbocycles. The molecule has 1 atom stereocenters. The van der Waals surface area contributed by atoms with Crippen molar-refractivity contribution in [3.8, 4) is 5.75 Å². The van der Waals surface area contributed by atoms with Gasteiger partial charge in [-0.1, -0.05) is 0 Å². The maximum absolute atomic E-state index is 11.9. The summed E-state index contributed by atoms with van der Waals surface area (Å²) >= 11 is 0. The molecule has 7 nitrogen and oxygen atoms in total. The molecule has 0 radical (unpaired) electrons. The minimum atomic E-state index is -1.12. The van der Waals surface area contributed by atoms with Gasteiger partial charge in [0.15, 0.2) is 0 Å². The van der Waals surface area contributed by atoms with Gasteiger partial charge in [-0.15, -0.1) is 0 Å². The van der Waals surface area contributed by atoms with Crippen LogP contribution >= 0.6 is 0 Å². The van der Waals surface area contributed by atoms with Crippen molar-refractivity contribution < 1.29 is 24.2 Å². The van der Waals surface area contributed by atoms with Gasteiger partial charge < -0.3 is 19.9 Å². The third-order valence-corrected chi connectivity index (χ3v) is 2.94. The number of rotatable bonds is 7. The molecule has 1 amide bonds. The van der Waals surface area contributed by atoms with Gasteiger partial charge in [0.25, 0.3) is 0 Å². The third-order valence-electron chi connectivity index (χ3n) is 2.94. The Morgan fingerprint density at radius 3 is 2.50 bits per heavy atom. The number of carboxylic acid groups (broad SMARTS) is 1. The summed E-state index contributed by atoms with van der Waals surface area (Å²) < 4.78 is 5.10. The van der Waals surface area contributed by atoms with Crippen molar-refractivity contribution in [2.24, 2.45) is 0 Å². The molecule has 0 saturated heterocycles. The summed E-state index contributed by atoms with van der Waals surface area (Å²) in [5, 5.41) is 23.6. The molecular weight excluding hydrogens is 288 g/mol. The van der Waals surface area contributed by atoms with Crippen LogP contribution in [-0.2, 0) is 16.1 Å². The number of hydrogen-bond donors (Lipinski definition) is 4. The van der Waals surface area contributed by atoms with E-state index in [1.807, 2.05) is 0 Å². The molecule has 1 unspecified atom stereocenters. The predicted molar refractivity (Wildman–Crippen MR) is 78.3 cm³/mol. The number of hydrogen-bond acceptors (Lipinski definition) is 5. The van der Waals surface area contributed by atoms with Crippen molar-refractivity contribution in [2.45, 2.75) is 19.0 Å². The Kier molecular flexibility index (Phi) is 5.16. The fourth-order valence-electron chi connectivity index (χ4n) is 1.83. The lowest BCUT2D eigenvalue weighted by atomic mass is 10.2. The van der Waals surface area contributed by atoms with E-state index in [9.17, 15) is 9.59 Å². The second kappa shape index (κ2) is 7.28. The highest BCUT2D eigenvalue weighted by molar-refractivity contribution is 5.94. The first-order valence-corrected chi connectivity index (χ1v) is 6.62. The van der Waals surface area contributed by atoms with Crippen molar-refractivity contribution in [3.05, 3.63) is 48.4 Å². The summed E-state index contributed by atoms with van der Waals surface area (Å²) in [6.45, 7) is 0.219. The van der Waals surface area contributed by atoms with Crippen LogP contribution in [0.1, 0.15) is 12.2 Å². The molecule has 7 heteroatoms. The molecule has 1 heterocycles. The van der Waals surface area contributed by atoms with Crippen LogP contribution in [0.5, 0.6) is 5.75 Å². The summed E-state index contributed by atoms with van der Waals surface area (Å²) in [5.74, 6) is -0.885. The molecule has 0 aliphatic carbocycles. The Balaban J connectivity index is 1.88. The van der Waals surface area contributed by atoms with Crippen molar-refractivity contribution >= 4 is 17.6 Å². The van der Waals surface area contributed by atoms with Gasteiger partial charge in [-0.05, 0) is 36.4 Å². The average molecular weight is 304 g/mol. The minimum Gasteiger partial charge on any atom is -0.508 e. The lowest BCUT2D eigenvalue weighted by Gasteiger charge is -2.13. The Morgan fingerprint density at radius 1 is 1.18 bits per heavy atom. The lowest BCUT2D eigenvalue weighted by Crippen LogP contribution is -2.39. The first-order valence-electron chi connectivity index (χ1n) is 6.62. The summed E-state index contributed by atoms with van der Waals surface area (Å²) in [6, 6.07) is 8.30. The highest BCUT2D eigenvalue weighted by atomic mass is 16.4. The van der Waals surface area contributed by atoms with Gasteiger partial charge in [0.1, 0.15) is 17.6 Å². The summed E-state index contributed by atoms with van der Waals surface area (Å²) in [5.41, 5.74) is 0.484. The van der Waals surface area contributed by atoms with Gasteiger partial charge in [0.05, 0.1) is 19.2 Å². The fourth-order valence-corrected chi connectivity index (χ4v) is 1.83. The van der Waals surface area contributed by atoms with Crippen molar-refractivity contribution in [1.29, 1.82) is 0 Å². The van der Waals surface area contributed by atoms with Gasteiger partial charge in [0, 0.05) is 5.69 Å². The maximum atomic E-state index is 11.9. The molecule has 0 bridgehead atoms. The number of carbonyl (C=O) groups is 2. The highest BCUT2D eigenvalue weighted by Gasteiger charge is 2.21. The Labute approximate surface area is 126 Å². The summed E-state index contributed by atoms with van der Waals surface area (Å²) in [6.07, 6.45) is 1.27. The van der Waals surface area contributed by atoms with Gasteiger partial charge >= 0.3 is 5.97 Å². The van der Waals surface area contributed by atoms with Crippen molar-refractivity contribution in [1.82, 2.24) is 5.32 Å².